The molecule has 17 heavy (non-hydrogen) atoms. The second kappa shape index (κ2) is 5.13. The number of benzene rings is 2. The molecule has 2 aromatic rings. The molecule has 2 aromatic carbocycles. The predicted molar refractivity (Wildman–Crippen MR) is 72.4 cm³/mol. The third-order valence-corrected chi connectivity index (χ3v) is 3.05. The molecule has 4 N–H and O–H groups in total. The molecule has 88 valence electrons. The van der Waals surface area contributed by atoms with Crippen molar-refractivity contribution < 1.29 is 0 Å². The van der Waals surface area contributed by atoms with Crippen molar-refractivity contribution in [3.8, 4) is 11.1 Å². The van der Waals surface area contributed by atoms with Gasteiger partial charge in [-0.1, -0.05) is 42.5 Å². The van der Waals surface area contributed by atoms with Crippen LogP contribution in [-0.2, 0) is 13.1 Å². The molecule has 0 aliphatic heterocycles. The molecule has 0 amide bonds. The fourth-order valence-corrected chi connectivity index (χ4v) is 2.12. The molecule has 0 saturated carbocycles. The summed E-state index contributed by atoms with van der Waals surface area (Å²) in [5, 5.41) is 0. The fourth-order valence-electron chi connectivity index (χ4n) is 2.12. The Kier molecular flexibility index (Phi) is 3.57. The summed E-state index contributed by atoms with van der Waals surface area (Å²) >= 11 is 0. The third kappa shape index (κ3) is 2.38. The number of nitrogens with two attached hydrogens (primary N) is 2. The van der Waals surface area contributed by atoms with Crippen LogP contribution in [-0.4, -0.2) is 0 Å². The van der Waals surface area contributed by atoms with Crippen LogP contribution >= 0.6 is 0 Å². The number of hydrogen-bond donors (Lipinski definition) is 2. The highest BCUT2D eigenvalue weighted by molar-refractivity contribution is 5.70. The van der Waals surface area contributed by atoms with E-state index in [4.69, 9.17) is 11.5 Å². The van der Waals surface area contributed by atoms with Crippen LogP contribution in [0.15, 0.2) is 42.5 Å². The maximum atomic E-state index is 5.77. The first-order valence-electron chi connectivity index (χ1n) is 5.84. The van der Waals surface area contributed by atoms with Gasteiger partial charge in [0.05, 0.1) is 0 Å². The first-order valence-corrected chi connectivity index (χ1v) is 5.84. The number of hydrogen-bond acceptors (Lipinski definition) is 2. The molecule has 0 radical (unpaired) electrons. The summed E-state index contributed by atoms with van der Waals surface area (Å²) in [4.78, 5) is 0. The van der Waals surface area contributed by atoms with E-state index in [1.54, 1.807) is 0 Å². The second-order valence-corrected chi connectivity index (χ2v) is 4.21. The molecule has 0 aromatic heterocycles. The van der Waals surface area contributed by atoms with Gasteiger partial charge in [0.25, 0.3) is 0 Å². The average Bonchev–Trinajstić information content (AvgIpc) is 2.38. The third-order valence-electron chi connectivity index (χ3n) is 3.05. The molecule has 0 aliphatic carbocycles. The van der Waals surface area contributed by atoms with E-state index in [9.17, 15) is 0 Å². The lowest BCUT2D eigenvalue weighted by atomic mass is 9.94. The topological polar surface area (TPSA) is 52.0 Å². The van der Waals surface area contributed by atoms with E-state index >= 15 is 0 Å². The van der Waals surface area contributed by atoms with E-state index in [1.807, 2.05) is 12.1 Å². The van der Waals surface area contributed by atoms with Crippen LogP contribution in [0.5, 0.6) is 0 Å². The summed E-state index contributed by atoms with van der Waals surface area (Å²) in [5.74, 6) is 0. The highest BCUT2D eigenvalue weighted by Crippen LogP contribution is 2.27. The molecule has 2 heteroatoms. The molecule has 0 aliphatic rings. The lowest BCUT2D eigenvalue weighted by Gasteiger charge is -2.11. The van der Waals surface area contributed by atoms with Crippen LogP contribution in [0.3, 0.4) is 0 Å². The van der Waals surface area contributed by atoms with Crippen LogP contribution in [0.25, 0.3) is 11.1 Å². The lowest BCUT2D eigenvalue weighted by Crippen LogP contribution is -2.00. The van der Waals surface area contributed by atoms with Crippen molar-refractivity contribution in [2.45, 2.75) is 20.0 Å². The minimum atomic E-state index is 0.564. The summed E-state index contributed by atoms with van der Waals surface area (Å²) in [6.45, 7) is 3.26. The van der Waals surface area contributed by atoms with Crippen molar-refractivity contribution in [2.24, 2.45) is 11.5 Å². The van der Waals surface area contributed by atoms with Gasteiger partial charge in [-0.15, -0.1) is 0 Å². The predicted octanol–water partition coefficient (Wildman–Crippen LogP) is 2.58. The van der Waals surface area contributed by atoms with Gasteiger partial charge in [0.15, 0.2) is 0 Å². The lowest BCUT2D eigenvalue weighted by molar-refractivity contribution is 1.06. The Morgan fingerprint density at radius 3 is 2.29 bits per heavy atom. The van der Waals surface area contributed by atoms with Gasteiger partial charge in [-0.2, -0.15) is 0 Å². The molecule has 2 nitrogen and oxygen atoms in total. The van der Waals surface area contributed by atoms with E-state index in [-0.39, 0.29) is 0 Å². The molecule has 0 heterocycles. The normalized spacial score (nSPS) is 10.5. The molecule has 0 unspecified atom stereocenters. The first-order chi connectivity index (χ1) is 8.26. The van der Waals surface area contributed by atoms with E-state index in [2.05, 4.69) is 37.3 Å². The Morgan fingerprint density at radius 2 is 1.65 bits per heavy atom. The summed E-state index contributed by atoms with van der Waals surface area (Å²) in [6.07, 6.45) is 0. The van der Waals surface area contributed by atoms with E-state index in [0.29, 0.717) is 13.1 Å². The van der Waals surface area contributed by atoms with Gasteiger partial charge in [0.1, 0.15) is 0 Å². The van der Waals surface area contributed by atoms with Gasteiger partial charge >= 0.3 is 0 Å². The Balaban J connectivity index is 2.53. The minimum Gasteiger partial charge on any atom is -0.326 e. The molecule has 0 bridgehead atoms. The summed E-state index contributed by atoms with van der Waals surface area (Å²) in [5.41, 5.74) is 17.5. The van der Waals surface area contributed by atoms with E-state index < -0.39 is 0 Å². The van der Waals surface area contributed by atoms with Gasteiger partial charge in [-0.3, -0.25) is 0 Å². The van der Waals surface area contributed by atoms with Crippen molar-refractivity contribution in [3.63, 3.8) is 0 Å². The van der Waals surface area contributed by atoms with Crippen LogP contribution < -0.4 is 11.5 Å². The molecule has 2 rings (SSSR count). The van der Waals surface area contributed by atoms with Crippen LogP contribution in [0.2, 0.25) is 0 Å². The van der Waals surface area contributed by atoms with Gasteiger partial charge in [0.2, 0.25) is 0 Å². The molecule has 0 atom stereocenters. The molecule has 0 spiro atoms. The van der Waals surface area contributed by atoms with Crippen molar-refractivity contribution in [2.75, 3.05) is 0 Å². The Bertz CT molecular complexity index is 518. The zero-order valence-corrected chi connectivity index (χ0v) is 10.1. The number of rotatable bonds is 3. The maximum absolute atomic E-state index is 5.77. The largest absolute Gasteiger partial charge is 0.326 e. The van der Waals surface area contributed by atoms with Crippen LogP contribution in [0, 0.1) is 6.92 Å². The van der Waals surface area contributed by atoms with E-state index in [1.165, 1.54) is 22.3 Å². The van der Waals surface area contributed by atoms with Crippen molar-refractivity contribution >= 4 is 0 Å². The highest BCUT2D eigenvalue weighted by Gasteiger charge is 2.06. The van der Waals surface area contributed by atoms with Gasteiger partial charge in [0, 0.05) is 13.1 Å². The maximum Gasteiger partial charge on any atom is 0.0184 e. The zero-order valence-electron chi connectivity index (χ0n) is 10.1. The van der Waals surface area contributed by atoms with Crippen molar-refractivity contribution in [3.05, 3.63) is 59.2 Å². The summed E-state index contributed by atoms with van der Waals surface area (Å²) in [7, 11) is 0. The summed E-state index contributed by atoms with van der Waals surface area (Å²) in [6, 6.07) is 14.6. The Labute approximate surface area is 102 Å². The fraction of sp³-hybridized carbons (Fsp3) is 0.200. The first kappa shape index (κ1) is 11.8. The number of aryl methyl sites for hydroxylation is 1. The Hall–Kier alpha value is -1.64. The van der Waals surface area contributed by atoms with Crippen LogP contribution in [0.1, 0.15) is 16.7 Å². The highest BCUT2D eigenvalue weighted by atomic mass is 14.5. The Morgan fingerprint density at radius 1 is 0.882 bits per heavy atom. The SMILES string of the molecule is Cc1cc(CN)ccc1-c1ccccc1CN. The minimum absolute atomic E-state index is 0.564. The monoisotopic (exact) mass is 226 g/mol. The van der Waals surface area contributed by atoms with Gasteiger partial charge in [-0.25, -0.2) is 0 Å². The van der Waals surface area contributed by atoms with Gasteiger partial charge in [-0.05, 0) is 34.7 Å². The summed E-state index contributed by atoms with van der Waals surface area (Å²) < 4.78 is 0. The molecule has 0 fully saturated rings. The van der Waals surface area contributed by atoms with Gasteiger partial charge < -0.3 is 11.5 Å². The standard InChI is InChI=1S/C15H18N2/c1-11-8-12(9-16)6-7-14(11)15-5-3-2-4-13(15)10-17/h2-8H,9-10,16-17H2,1H3. The van der Waals surface area contributed by atoms with Crippen molar-refractivity contribution in [1.82, 2.24) is 0 Å². The van der Waals surface area contributed by atoms with E-state index in [0.717, 1.165) is 5.56 Å². The zero-order chi connectivity index (χ0) is 12.3. The second-order valence-electron chi connectivity index (χ2n) is 4.21. The molecular weight excluding hydrogens is 208 g/mol. The smallest absolute Gasteiger partial charge is 0.0184 e. The average molecular weight is 226 g/mol. The van der Waals surface area contributed by atoms with Crippen LogP contribution in [0.4, 0.5) is 0 Å². The quantitative estimate of drug-likeness (QED) is 0.845. The molecular formula is C15H18N2. The molecule has 0 saturated heterocycles. The van der Waals surface area contributed by atoms with Crippen molar-refractivity contribution in [1.29, 1.82) is 0 Å².